The quantitative estimate of drug-likeness (QED) is 0.527. The molecule has 1 rings (SSSR count). The van der Waals surface area contributed by atoms with Gasteiger partial charge < -0.3 is 0 Å². The minimum atomic E-state index is 0.183. The highest BCUT2D eigenvalue weighted by Gasteiger charge is 2.08. The topological polar surface area (TPSA) is 17.1 Å². The summed E-state index contributed by atoms with van der Waals surface area (Å²) in [5, 5.41) is 0.668. The monoisotopic (exact) mass is 194 g/mol. The van der Waals surface area contributed by atoms with Crippen LogP contribution >= 0.6 is 11.6 Å². The fourth-order valence-corrected chi connectivity index (χ4v) is 1.45. The first-order valence-corrected chi connectivity index (χ1v) is 4.83. The number of hydrogen-bond donors (Lipinski definition) is 0. The maximum absolute atomic E-state index is 11.6. The van der Waals surface area contributed by atoms with E-state index < -0.39 is 0 Å². The van der Waals surface area contributed by atoms with Gasteiger partial charge in [-0.2, -0.15) is 0 Å². The van der Waals surface area contributed by atoms with Crippen LogP contribution in [0, 0.1) is 0 Å². The molecule has 0 N–H and O–H groups in total. The maximum Gasteiger partial charge on any atom is 0.162 e. The summed E-state index contributed by atoms with van der Waals surface area (Å²) >= 11 is 5.91. The Morgan fingerprint density at radius 3 is 2.85 bits per heavy atom. The van der Waals surface area contributed by atoms with Gasteiger partial charge in [0, 0.05) is 17.0 Å². The number of benzene rings is 1. The molecule has 0 aliphatic rings. The zero-order valence-electron chi connectivity index (χ0n) is 7.93. The van der Waals surface area contributed by atoms with Crippen molar-refractivity contribution >= 4 is 30.7 Å². The largest absolute Gasteiger partial charge is 0.294 e. The lowest BCUT2D eigenvalue weighted by molar-refractivity contribution is 0.0983. The van der Waals surface area contributed by atoms with Crippen molar-refractivity contribution < 1.29 is 4.79 Å². The first kappa shape index (κ1) is 10.3. The molecule has 0 aromatic heterocycles. The van der Waals surface area contributed by atoms with Crippen LogP contribution in [0.2, 0.25) is 5.02 Å². The zero-order valence-corrected chi connectivity index (χ0v) is 8.69. The van der Waals surface area contributed by atoms with Gasteiger partial charge in [0.1, 0.15) is 7.85 Å². The van der Waals surface area contributed by atoms with Gasteiger partial charge in [0.2, 0.25) is 0 Å². The van der Waals surface area contributed by atoms with Gasteiger partial charge in [-0.1, -0.05) is 36.1 Å². The van der Waals surface area contributed by atoms with Crippen molar-refractivity contribution in [3.05, 3.63) is 28.8 Å². The van der Waals surface area contributed by atoms with Crippen molar-refractivity contribution in [2.24, 2.45) is 0 Å². The Kier molecular flexibility index (Phi) is 3.55. The second-order valence-electron chi connectivity index (χ2n) is 3.09. The Morgan fingerprint density at radius 2 is 2.23 bits per heavy atom. The highest BCUT2D eigenvalue weighted by Crippen LogP contribution is 2.09. The van der Waals surface area contributed by atoms with Gasteiger partial charge >= 0.3 is 0 Å². The molecule has 0 amide bonds. The molecule has 0 saturated heterocycles. The molecule has 0 radical (unpaired) electrons. The second-order valence-corrected chi connectivity index (χ2v) is 3.49. The fourth-order valence-electron chi connectivity index (χ4n) is 1.27. The number of hydrogen-bond acceptors (Lipinski definition) is 1. The van der Waals surface area contributed by atoms with Crippen molar-refractivity contribution in [3.8, 4) is 0 Å². The highest BCUT2D eigenvalue weighted by atomic mass is 35.5. The molecule has 0 heterocycles. The van der Waals surface area contributed by atoms with E-state index in [-0.39, 0.29) is 5.78 Å². The van der Waals surface area contributed by atoms with Gasteiger partial charge in [-0.15, -0.1) is 0 Å². The average Bonchev–Trinajstić information content (AvgIpc) is 2.10. The van der Waals surface area contributed by atoms with E-state index in [0.717, 1.165) is 17.4 Å². The summed E-state index contributed by atoms with van der Waals surface area (Å²) in [7, 11) is 1.88. The molecule has 1 aromatic carbocycles. The zero-order chi connectivity index (χ0) is 9.84. The summed E-state index contributed by atoms with van der Waals surface area (Å²) in [4.78, 5) is 11.6. The molecule has 0 spiro atoms. The van der Waals surface area contributed by atoms with Crippen LogP contribution in [0.5, 0.6) is 0 Å². The van der Waals surface area contributed by atoms with Gasteiger partial charge in [0.25, 0.3) is 0 Å². The SMILES string of the molecule is Bc1c(Cl)cccc1C(=O)CCC. The predicted molar refractivity (Wildman–Crippen MR) is 58.9 cm³/mol. The summed E-state index contributed by atoms with van der Waals surface area (Å²) in [6.07, 6.45) is 1.48. The molecule has 0 atom stereocenters. The molecule has 0 bridgehead atoms. The van der Waals surface area contributed by atoms with E-state index in [9.17, 15) is 4.79 Å². The van der Waals surface area contributed by atoms with E-state index in [1.54, 1.807) is 6.07 Å². The second kappa shape index (κ2) is 4.47. The van der Waals surface area contributed by atoms with E-state index in [1.165, 1.54) is 0 Å². The molecule has 0 unspecified atom stereocenters. The van der Waals surface area contributed by atoms with E-state index in [0.29, 0.717) is 11.4 Å². The normalized spacial score (nSPS) is 10.0. The Hall–Kier alpha value is -0.755. The van der Waals surface area contributed by atoms with Gasteiger partial charge in [-0.3, -0.25) is 4.79 Å². The van der Waals surface area contributed by atoms with E-state index >= 15 is 0 Å². The minimum Gasteiger partial charge on any atom is -0.294 e. The smallest absolute Gasteiger partial charge is 0.162 e. The van der Waals surface area contributed by atoms with Crippen LogP contribution in [-0.2, 0) is 0 Å². The number of rotatable bonds is 3. The summed E-state index contributed by atoms with van der Waals surface area (Å²) < 4.78 is 0. The third-order valence-corrected chi connectivity index (χ3v) is 2.45. The first-order chi connectivity index (χ1) is 6.16. The fraction of sp³-hybridized carbons (Fsp3) is 0.300. The van der Waals surface area contributed by atoms with E-state index in [1.807, 2.05) is 26.9 Å². The van der Waals surface area contributed by atoms with Gasteiger partial charge in [-0.25, -0.2) is 0 Å². The van der Waals surface area contributed by atoms with Crippen LogP contribution in [0.15, 0.2) is 18.2 Å². The Morgan fingerprint density at radius 1 is 1.54 bits per heavy atom. The minimum absolute atomic E-state index is 0.183. The lowest BCUT2D eigenvalue weighted by Crippen LogP contribution is -2.16. The highest BCUT2D eigenvalue weighted by molar-refractivity contribution is 6.47. The van der Waals surface area contributed by atoms with Gasteiger partial charge in [0.15, 0.2) is 5.78 Å². The van der Waals surface area contributed by atoms with Crippen LogP contribution < -0.4 is 5.46 Å². The Labute approximate surface area is 84.5 Å². The molecular weight excluding hydrogens is 182 g/mol. The van der Waals surface area contributed by atoms with E-state index in [4.69, 9.17) is 11.6 Å². The number of Topliss-reactive ketones (excluding diaryl/α,β-unsaturated/α-hetero) is 1. The van der Waals surface area contributed by atoms with Gasteiger partial charge in [-0.05, 0) is 12.5 Å². The number of carbonyl (C=O) groups excluding carboxylic acids is 1. The molecule has 1 aromatic rings. The predicted octanol–water partition coefficient (Wildman–Crippen LogP) is 1.58. The van der Waals surface area contributed by atoms with Crippen LogP contribution in [0.3, 0.4) is 0 Å². The number of carbonyl (C=O) groups is 1. The van der Waals surface area contributed by atoms with Crippen molar-refractivity contribution in [1.29, 1.82) is 0 Å². The Bertz CT molecular complexity index is 323. The lowest BCUT2D eigenvalue weighted by atomic mass is 9.87. The number of ketones is 1. The standard InChI is InChI=1S/C10H12BClO/c1-2-4-9(13)7-5-3-6-8(12)10(7)11/h3,5-6H,2,4,11H2,1H3. The third-order valence-electron chi connectivity index (χ3n) is 2.05. The van der Waals surface area contributed by atoms with Crippen molar-refractivity contribution in [3.63, 3.8) is 0 Å². The summed E-state index contributed by atoms with van der Waals surface area (Å²) in [6.45, 7) is 2.00. The molecule has 0 saturated carbocycles. The molecular formula is C10H12BClO. The van der Waals surface area contributed by atoms with Crippen molar-refractivity contribution in [1.82, 2.24) is 0 Å². The molecule has 3 heteroatoms. The molecule has 68 valence electrons. The molecule has 1 nitrogen and oxygen atoms in total. The van der Waals surface area contributed by atoms with Crippen molar-refractivity contribution in [2.45, 2.75) is 19.8 Å². The van der Waals surface area contributed by atoms with Gasteiger partial charge in [0.05, 0.1) is 0 Å². The molecule has 0 fully saturated rings. The molecule has 13 heavy (non-hydrogen) atoms. The summed E-state index contributed by atoms with van der Waals surface area (Å²) in [5.41, 5.74) is 1.65. The van der Waals surface area contributed by atoms with Crippen LogP contribution in [-0.4, -0.2) is 13.6 Å². The molecule has 0 aliphatic heterocycles. The first-order valence-electron chi connectivity index (χ1n) is 4.45. The Balaban J connectivity index is 3.01. The average molecular weight is 194 g/mol. The van der Waals surface area contributed by atoms with Crippen LogP contribution in [0.25, 0.3) is 0 Å². The van der Waals surface area contributed by atoms with Crippen molar-refractivity contribution in [2.75, 3.05) is 0 Å². The van der Waals surface area contributed by atoms with Crippen LogP contribution in [0.1, 0.15) is 30.1 Å². The van der Waals surface area contributed by atoms with E-state index in [2.05, 4.69) is 0 Å². The lowest BCUT2D eigenvalue weighted by Gasteiger charge is -2.05. The molecule has 0 aliphatic carbocycles. The third kappa shape index (κ3) is 2.34. The maximum atomic E-state index is 11.6. The summed E-state index contributed by atoms with van der Waals surface area (Å²) in [5.74, 6) is 0.183. The van der Waals surface area contributed by atoms with Crippen LogP contribution in [0.4, 0.5) is 0 Å². The number of halogens is 1. The summed E-state index contributed by atoms with van der Waals surface area (Å²) in [6, 6.07) is 5.46.